The van der Waals surface area contributed by atoms with E-state index < -0.39 is 5.82 Å². The van der Waals surface area contributed by atoms with Crippen molar-refractivity contribution in [2.24, 2.45) is 5.92 Å². The van der Waals surface area contributed by atoms with E-state index in [1.165, 1.54) is 17.7 Å². The first-order valence-corrected chi connectivity index (χ1v) is 10.9. The number of nitrogens with zero attached hydrogens (tertiary/aromatic N) is 2. The summed E-state index contributed by atoms with van der Waals surface area (Å²) in [6.45, 7) is 2.73. The lowest BCUT2D eigenvalue weighted by Gasteiger charge is -2.36. The van der Waals surface area contributed by atoms with Gasteiger partial charge in [0, 0.05) is 18.3 Å². The normalized spacial score (nSPS) is 15.8. The van der Waals surface area contributed by atoms with E-state index in [1.54, 1.807) is 25.4 Å². The summed E-state index contributed by atoms with van der Waals surface area (Å²) in [5.41, 5.74) is 2.38. The van der Waals surface area contributed by atoms with Crippen molar-refractivity contribution in [3.8, 4) is 5.75 Å². The number of pyridine rings is 1. The average Bonchev–Trinajstić information content (AvgIpc) is 2.84. The lowest BCUT2D eigenvalue weighted by molar-refractivity contribution is 0.0888. The molecule has 6 heteroatoms. The Morgan fingerprint density at radius 1 is 1.12 bits per heavy atom. The Bertz CT molecular complexity index is 1040. The molecule has 1 N–H and O–H groups in total. The van der Waals surface area contributed by atoms with Gasteiger partial charge in [-0.3, -0.25) is 14.7 Å². The molecule has 5 nitrogen and oxygen atoms in total. The highest BCUT2D eigenvalue weighted by Gasteiger charge is 2.30. The number of carbonyl (C=O) groups is 1. The number of halogens is 1. The van der Waals surface area contributed by atoms with Gasteiger partial charge in [-0.25, -0.2) is 4.39 Å². The van der Waals surface area contributed by atoms with E-state index in [4.69, 9.17) is 4.74 Å². The maximum Gasteiger partial charge on any atom is 0.251 e. The van der Waals surface area contributed by atoms with Gasteiger partial charge < -0.3 is 10.1 Å². The van der Waals surface area contributed by atoms with E-state index in [2.05, 4.69) is 27.3 Å². The number of nitrogens with one attached hydrogen (secondary N) is 1. The topological polar surface area (TPSA) is 54.5 Å². The number of piperidine rings is 1. The monoisotopic (exact) mass is 433 g/mol. The van der Waals surface area contributed by atoms with Crippen molar-refractivity contribution in [1.29, 1.82) is 0 Å². The summed E-state index contributed by atoms with van der Waals surface area (Å²) in [5, 5.41) is 3.12. The Hall–Kier alpha value is -3.25. The predicted molar refractivity (Wildman–Crippen MR) is 122 cm³/mol. The number of amides is 1. The fraction of sp³-hybridized carbons (Fsp3) is 0.308. The smallest absolute Gasteiger partial charge is 0.251 e. The van der Waals surface area contributed by atoms with Crippen molar-refractivity contribution in [2.75, 3.05) is 20.2 Å². The maximum absolute atomic E-state index is 13.6. The van der Waals surface area contributed by atoms with E-state index >= 15 is 0 Å². The molecule has 0 saturated carbocycles. The van der Waals surface area contributed by atoms with E-state index in [0.29, 0.717) is 5.56 Å². The van der Waals surface area contributed by atoms with Gasteiger partial charge in [-0.1, -0.05) is 24.3 Å². The van der Waals surface area contributed by atoms with E-state index in [-0.39, 0.29) is 17.9 Å². The number of methoxy groups -OCH3 is 1. The van der Waals surface area contributed by atoms with Crippen LogP contribution in [0.5, 0.6) is 5.75 Å². The highest BCUT2D eigenvalue weighted by molar-refractivity contribution is 5.94. The van der Waals surface area contributed by atoms with Crippen molar-refractivity contribution in [1.82, 2.24) is 15.2 Å². The van der Waals surface area contributed by atoms with Crippen LogP contribution in [0.2, 0.25) is 0 Å². The van der Waals surface area contributed by atoms with Gasteiger partial charge in [0.2, 0.25) is 0 Å². The van der Waals surface area contributed by atoms with E-state index in [0.717, 1.165) is 43.9 Å². The number of hydrogen-bond donors (Lipinski definition) is 1. The molecule has 0 radical (unpaired) electrons. The zero-order chi connectivity index (χ0) is 22.3. The molecule has 1 saturated heterocycles. The van der Waals surface area contributed by atoms with Crippen molar-refractivity contribution in [2.45, 2.75) is 25.4 Å². The molecule has 32 heavy (non-hydrogen) atoms. The van der Waals surface area contributed by atoms with Gasteiger partial charge in [0.05, 0.1) is 18.8 Å². The van der Waals surface area contributed by atoms with E-state index in [1.807, 2.05) is 30.3 Å². The third kappa shape index (κ3) is 5.51. The van der Waals surface area contributed by atoms with Crippen LogP contribution in [0.3, 0.4) is 0 Å². The molecule has 1 aliphatic rings. The van der Waals surface area contributed by atoms with Gasteiger partial charge in [-0.15, -0.1) is 0 Å². The Morgan fingerprint density at radius 3 is 2.66 bits per heavy atom. The molecule has 2 heterocycles. The van der Waals surface area contributed by atoms with Gasteiger partial charge in [0.1, 0.15) is 11.6 Å². The summed E-state index contributed by atoms with van der Waals surface area (Å²) in [4.78, 5) is 19.8. The molecule has 166 valence electrons. The highest BCUT2D eigenvalue weighted by atomic mass is 19.1. The number of benzene rings is 2. The zero-order valence-corrected chi connectivity index (χ0v) is 18.2. The molecule has 0 aliphatic carbocycles. The van der Waals surface area contributed by atoms with Crippen LogP contribution in [-0.2, 0) is 6.54 Å². The van der Waals surface area contributed by atoms with Crippen LogP contribution in [0.25, 0.3) is 0 Å². The fourth-order valence-corrected chi connectivity index (χ4v) is 4.32. The summed E-state index contributed by atoms with van der Waals surface area (Å²) >= 11 is 0. The van der Waals surface area contributed by atoms with Crippen molar-refractivity contribution in [3.05, 3.63) is 95.6 Å². The highest BCUT2D eigenvalue weighted by Crippen LogP contribution is 2.31. The first kappa shape index (κ1) is 22.0. The fourth-order valence-electron chi connectivity index (χ4n) is 4.32. The largest absolute Gasteiger partial charge is 0.497 e. The molecule has 1 fully saturated rings. The molecule has 0 bridgehead atoms. The summed E-state index contributed by atoms with van der Waals surface area (Å²) < 4.78 is 18.9. The van der Waals surface area contributed by atoms with Crippen molar-refractivity contribution in [3.63, 3.8) is 0 Å². The summed E-state index contributed by atoms with van der Waals surface area (Å²) in [6.07, 6.45) is 3.62. The maximum atomic E-state index is 13.6. The standard InChI is InChI=1S/C26H28FN3O2/c1-32-23-9-4-6-19(16-23)18-30-14-11-20(12-15-30)25(24-10-2-3-13-28-24)29-26(31)21-7-5-8-22(27)17-21/h2-10,13,16-17,20,25H,11-12,14-15,18H2,1H3,(H,29,31)/t25-/m1/s1. The van der Waals surface area contributed by atoms with Gasteiger partial charge in [-0.2, -0.15) is 0 Å². The molecule has 1 aromatic heterocycles. The van der Waals surface area contributed by atoms with Gasteiger partial charge in [0.15, 0.2) is 0 Å². The molecule has 3 aromatic rings. The SMILES string of the molecule is COc1cccc(CN2CCC([C@@H](NC(=O)c3cccc(F)c3)c3ccccn3)CC2)c1. The van der Waals surface area contributed by atoms with Crippen LogP contribution in [0, 0.1) is 11.7 Å². The van der Waals surface area contributed by atoms with Gasteiger partial charge in [0.25, 0.3) is 5.91 Å². The van der Waals surface area contributed by atoms with Crippen LogP contribution in [0.4, 0.5) is 4.39 Å². The quantitative estimate of drug-likeness (QED) is 0.591. The van der Waals surface area contributed by atoms with Crippen LogP contribution < -0.4 is 10.1 Å². The first-order chi connectivity index (χ1) is 15.6. The molecular formula is C26H28FN3O2. The summed E-state index contributed by atoms with van der Waals surface area (Å²) in [5.74, 6) is 0.425. The molecule has 2 aromatic carbocycles. The van der Waals surface area contributed by atoms with Crippen LogP contribution >= 0.6 is 0 Å². The molecule has 0 unspecified atom stereocenters. The minimum absolute atomic E-state index is 0.217. The number of likely N-dealkylation sites (tertiary alicyclic amines) is 1. The molecule has 1 amide bonds. The number of hydrogen-bond acceptors (Lipinski definition) is 4. The minimum Gasteiger partial charge on any atom is -0.497 e. The molecular weight excluding hydrogens is 405 g/mol. The molecule has 1 aliphatic heterocycles. The van der Waals surface area contributed by atoms with Gasteiger partial charge in [-0.05, 0) is 79.9 Å². The third-order valence-electron chi connectivity index (χ3n) is 6.02. The Morgan fingerprint density at radius 2 is 1.94 bits per heavy atom. The van der Waals surface area contributed by atoms with Crippen LogP contribution in [0.15, 0.2) is 72.9 Å². The second-order valence-electron chi connectivity index (χ2n) is 8.18. The Kier molecular flexibility index (Phi) is 7.12. The zero-order valence-electron chi connectivity index (χ0n) is 18.2. The second-order valence-corrected chi connectivity index (χ2v) is 8.18. The lowest BCUT2D eigenvalue weighted by atomic mass is 9.87. The summed E-state index contributed by atoms with van der Waals surface area (Å²) in [6, 6.07) is 19.5. The molecule has 0 spiro atoms. The number of aromatic nitrogens is 1. The third-order valence-corrected chi connectivity index (χ3v) is 6.02. The second kappa shape index (κ2) is 10.4. The van der Waals surface area contributed by atoms with E-state index in [9.17, 15) is 9.18 Å². The van der Waals surface area contributed by atoms with Crippen molar-refractivity contribution >= 4 is 5.91 Å². The minimum atomic E-state index is -0.419. The number of rotatable bonds is 7. The Labute approximate surface area is 188 Å². The van der Waals surface area contributed by atoms with Crippen LogP contribution in [0.1, 0.15) is 40.5 Å². The van der Waals surface area contributed by atoms with Crippen molar-refractivity contribution < 1.29 is 13.9 Å². The Balaban J connectivity index is 1.44. The lowest BCUT2D eigenvalue weighted by Crippen LogP contribution is -2.40. The van der Waals surface area contributed by atoms with Crippen LogP contribution in [-0.4, -0.2) is 36.0 Å². The first-order valence-electron chi connectivity index (χ1n) is 10.9. The van der Waals surface area contributed by atoms with Gasteiger partial charge >= 0.3 is 0 Å². The molecule has 1 atom stereocenters. The average molecular weight is 434 g/mol. The summed E-state index contributed by atoms with van der Waals surface area (Å²) in [7, 11) is 1.68. The predicted octanol–water partition coefficient (Wildman–Crippen LogP) is 4.61. The number of ether oxygens (including phenoxy) is 1. The molecule has 4 rings (SSSR count). The number of carbonyl (C=O) groups excluding carboxylic acids is 1.